The highest BCUT2D eigenvalue weighted by Gasteiger charge is 2.50. The van der Waals surface area contributed by atoms with Crippen LogP contribution in [0.5, 0.6) is 0 Å². The predicted octanol–water partition coefficient (Wildman–Crippen LogP) is 4.87. The Morgan fingerprint density at radius 1 is 1.06 bits per heavy atom. The van der Waals surface area contributed by atoms with Gasteiger partial charge in [0.25, 0.3) is 5.91 Å². The second-order valence-electron chi connectivity index (χ2n) is 9.62. The van der Waals surface area contributed by atoms with Crippen LogP contribution in [-0.2, 0) is 9.84 Å². The molecule has 0 radical (unpaired) electrons. The Morgan fingerprint density at radius 2 is 1.72 bits per heavy atom. The van der Waals surface area contributed by atoms with Gasteiger partial charge in [0, 0.05) is 30.0 Å². The smallest absolute Gasteiger partial charge is 0.255 e. The quantitative estimate of drug-likeness (QED) is 0.411. The lowest BCUT2D eigenvalue weighted by molar-refractivity contribution is -0.107. The number of aliphatic hydroxyl groups is 2. The minimum atomic E-state index is -3.99. The zero-order chi connectivity index (χ0) is 26.3. The maximum Gasteiger partial charge on any atom is 0.255 e. The van der Waals surface area contributed by atoms with E-state index in [0.717, 1.165) is 25.3 Å². The van der Waals surface area contributed by atoms with Gasteiger partial charge in [-0.3, -0.25) is 4.79 Å². The van der Waals surface area contributed by atoms with E-state index < -0.39 is 44.0 Å². The van der Waals surface area contributed by atoms with Gasteiger partial charge in [0.1, 0.15) is 0 Å². The Hall–Kier alpha value is -2.14. The van der Waals surface area contributed by atoms with Gasteiger partial charge in [0.15, 0.2) is 27.3 Å². The Bertz CT molecular complexity index is 1250. The first kappa shape index (κ1) is 26.9. The monoisotopic (exact) mass is 545 g/mol. The number of amides is 1. The summed E-state index contributed by atoms with van der Waals surface area (Å²) in [5.74, 6) is -5.76. The summed E-state index contributed by atoms with van der Waals surface area (Å²) < 4.78 is 67.2. The second-order valence-corrected chi connectivity index (χ2v) is 12.2. The summed E-state index contributed by atoms with van der Waals surface area (Å²) in [5.41, 5.74) is -1.58. The second kappa shape index (κ2) is 10.3. The summed E-state index contributed by atoms with van der Waals surface area (Å²) in [6.07, 6.45) is 3.86. The molecule has 4 rings (SSSR count). The van der Waals surface area contributed by atoms with E-state index in [1.54, 1.807) is 0 Å². The number of benzene rings is 2. The molecule has 0 bridgehead atoms. The van der Waals surface area contributed by atoms with E-state index in [1.165, 1.54) is 12.1 Å². The Balaban J connectivity index is 1.55. The van der Waals surface area contributed by atoms with Crippen molar-refractivity contribution < 1.29 is 36.6 Å². The van der Waals surface area contributed by atoms with Gasteiger partial charge in [-0.1, -0.05) is 18.0 Å². The molecule has 0 aromatic heterocycles. The molecule has 0 spiro atoms. The topological polar surface area (TPSA) is 104 Å². The van der Waals surface area contributed by atoms with Crippen LogP contribution in [0.3, 0.4) is 0 Å². The van der Waals surface area contributed by atoms with E-state index >= 15 is 0 Å². The largest absolute Gasteiger partial charge is 0.396 e. The molecule has 0 saturated heterocycles. The third kappa shape index (κ3) is 5.01. The summed E-state index contributed by atoms with van der Waals surface area (Å²) >= 11 is 6.21. The zero-order valence-electron chi connectivity index (χ0n) is 19.3. The lowest BCUT2D eigenvalue weighted by atomic mass is 9.65. The van der Waals surface area contributed by atoms with Gasteiger partial charge in [-0.15, -0.1) is 0 Å². The first-order valence-corrected chi connectivity index (χ1v) is 13.7. The Labute approximate surface area is 212 Å². The van der Waals surface area contributed by atoms with E-state index in [0.29, 0.717) is 25.0 Å². The molecule has 2 aliphatic carbocycles. The van der Waals surface area contributed by atoms with Crippen LogP contribution in [0.4, 0.5) is 18.9 Å². The number of aliphatic hydroxyl groups excluding tert-OH is 1. The van der Waals surface area contributed by atoms with E-state index in [-0.39, 0.29) is 52.5 Å². The van der Waals surface area contributed by atoms with Gasteiger partial charge in [0.05, 0.1) is 20.8 Å². The van der Waals surface area contributed by atoms with E-state index in [2.05, 4.69) is 5.32 Å². The van der Waals surface area contributed by atoms with Gasteiger partial charge in [0.2, 0.25) is 0 Å². The summed E-state index contributed by atoms with van der Waals surface area (Å²) in [6, 6.07) is 4.83. The van der Waals surface area contributed by atoms with Gasteiger partial charge in [-0.05, 0) is 68.6 Å². The van der Waals surface area contributed by atoms with E-state index in [4.69, 9.17) is 11.6 Å². The van der Waals surface area contributed by atoms with Crippen LogP contribution >= 0.6 is 11.6 Å². The van der Waals surface area contributed by atoms with Crippen molar-refractivity contribution in [2.24, 2.45) is 11.8 Å². The SMILES string of the molecule is O=C(Nc1cc(F)c(F)c(F)c1)c1ccc(Cl)c(S(=O)(=O)C2CCC(C(O)(CCO)C3CCC3)C2)c1. The Morgan fingerprint density at radius 3 is 2.31 bits per heavy atom. The molecule has 11 heteroatoms. The highest BCUT2D eigenvalue weighted by Crippen LogP contribution is 2.49. The number of carbonyl (C=O) groups excluding carboxylic acids is 1. The number of rotatable bonds is 8. The third-order valence-corrected chi connectivity index (χ3v) is 10.3. The van der Waals surface area contributed by atoms with Crippen molar-refractivity contribution in [2.75, 3.05) is 11.9 Å². The number of halogens is 4. The van der Waals surface area contributed by atoms with Crippen LogP contribution in [0.1, 0.15) is 55.3 Å². The number of hydrogen-bond acceptors (Lipinski definition) is 5. The molecule has 0 heterocycles. The van der Waals surface area contributed by atoms with Crippen LogP contribution in [0.2, 0.25) is 5.02 Å². The standard InChI is InChI=1S/C25H27ClF3NO5S/c26-19-7-4-14(24(32)30-17-12-20(27)23(29)21(28)13-17)10-22(19)36(34,35)18-6-5-16(11-18)25(33,8-9-31)15-2-1-3-15/h4,7,10,12-13,15-16,18,31,33H,1-3,5-6,8-9,11H2,(H,30,32). The molecule has 1 amide bonds. The fourth-order valence-corrected chi connectivity index (χ4v) is 7.74. The van der Waals surface area contributed by atoms with Gasteiger partial charge < -0.3 is 15.5 Å². The number of sulfone groups is 1. The maximum atomic E-state index is 13.5. The first-order chi connectivity index (χ1) is 17.0. The molecule has 3 atom stereocenters. The number of hydrogen-bond donors (Lipinski definition) is 3. The minimum absolute atomic E-state index is 0.0350. The number of nitrogens with one attached hydrogen (secondary N) is 1. The summed E-state index contributed by atoms with van der Waals surface area (Å²) in [4.78, 5) is 12.4. The fourth-order valence-electron chi connectivity index (χ4n) is 5.38. The average molecular weight is 546 g/mol. The molecule has 2 saturated carbocycles. The molecule has 0 aliphatic heterocycles. The van der Waals surface area contributed by atoms with Crippen molar-refractivity contribution in [3.05, 3.63) is 58.4 Å². The summed E-state index contributed by atoms with van der Waals surface area (Å²) in [5, 5.41) is 22.2. The lowest BCUT2D eigenvalue weighted by Gasteiger charge is -2.45. The van der Waals surface area contributed by atoms with Crippen molar-refractivity contribution in [3.63, 3.8) is 0 Å². The first-order valence-electron chi connectivity index (χ1n) is 11.8. The molecule has 6 nitrogen and oxygen atoms in total. The number of carbonyl (C=O) groups is 1. The normalized spacial score (nSPS) is 22.2. The highest BCUT2D eigenvalue weighted by atomic mass is 35.5. The Kier molecular flexibility index (Phi) is 7.71. The minimum Gasteiger partial charge on any atom is -0.396 e. The maximum absolute atomic E-state index is 13.5. The van der Waals surface area contributed by atoms with Gasteiger partial charge >= 0.3 is 0 Å². The van der Waals surface area contributed by atoms with Crippen LogP contribution in [-0.4, -0.2) is 42.0 Å². The van der Waals surface area contributed by atoms with Crippen molar-refractivity contribution in [1.82, 2.24) is 0 Å². The molecule has 36 heavy (non-hydrogen) atoms. The number of anilines is 1. The van der Waals surface area contributed by atoms with Crippen LogP contribution < -0.4 is 5.32 Å². The molecule has 3 N–H and O–H groups in total. The van der Waals surface area contributed by atoms with E-state index in [9.17, 15) is 36.6 Å². The summed E-state index contributed by atoms with van der Waals surface area (Å²) in [6.45, 7) is -0.189. The predicted molar refractivity (Wildman–Crippen MR) is 128 cm³/mol. The molecular weight excluding hydrogens is 519 g/mol. The van der Waals surface area contributed by atoms with Crippen molar-refractivity contribution in [3.8, 4) is 0 Å². The molecule has 2 aromatic carbocycles. The van der Waals surface area contributed by atoms with E-state index in [1.807, 2.05) is 0 Å². The van der Waals surface area contributed by atoms with Crippen molar-refractivity contribution in [1.29, 1.82) is 0 Å². The fraction of sp³-hybridized carbons (Fsp3) is 0.480. The zero-order valence-corrected chi connectivity index (χ0v) is 20.9. The molecular formula is C25H27ClF3NO5S. The van der Waals surface area contributed by atoms with Gasteiger partial charge in [-0.2, -0.15) is 0 Å². The molecule has 3 unspecified atom stereocenters. The third-order valence-electron chi connectivity index (χ3n) is 7.60. The lowest BCUT2D eigenvalue weighted by Crippen LogP contribution is -2.48. The molecule has 2 aromatic rings. The summed E-state index contributed by atoms with van der Waals surface area (Å²) in [7, 11) is -3.99. The molecule has 196 valence electrons. The van der Waals surface area contributed by atoms with Gasteiger partial charge in [-0.25, -0.2) is 21.6 Å². The average Bonchev–Trinajstić information content (AvgIpc) is 3.28. The van der Waals surface area contributed by atoms with Crippen molar-refractivity contribution >= 4 is 33.0 Å². The van der Waals surface area contributed by atoms with Crippen LogP contribution in [0, 0.1) is 29.3 Å². The van der Waals surface area contributed by atoms with Crippen molar-refractivity contribution in [2.45, 2.75) is 60.7 Å². The van der Waals surface area contributed by atoms with Crippen LogP contribution in [0.15, 0.2) is 35.2 Å². The molecule has 2 fully saturated rings. The molecule has 2 aliphatic rings. The van der Waals surface area contributed by atoms with Crippen LogP contribution in [0.25, 0.3) is 0 Å². The highest BCUT2D eigenvalue weighted by molar-refractivity contribution is 7.92.